The van der Waals surface area contributed by atoms with Crippen LogP contribution in [0.5, 0.6) is 0 Å². The molecule has 0 saturated heterocycles. The highest BCUT2D eigenvalue weighted by atomic mass is 19.1. The van der Waals surface area contributed by atoms with E-state index in [9.17, 15) is 4.39 Å². The second-order valence-corrected chi connectivity index (χ2v) is 2.33. The van der Waals surface area contributed by atoms with Crippen LogP contribution in [-0.4, -0.2) is 5.71 Å². The molecule has 0 aromatic carbocycles. The van der Waals surface area contributed by atoms with Crippen molar-refractivity contribution in [2.24, 2.45) is 4.99 Å². The summed E-state index contributed by atoms with van der Waals surface area (Å²) in [6, 6.07) is 0. The van der Waals surface area contributed by atoms with Gasteiger partial charge in [-0.2, -0.15) is 0 Å². The molecular formula is C8H12FN. The maximum absolute atomic E-state index is 12.5. The zero-order valence-electron chi connectivity index (χ0n) is 6.61. The number of nitrogens with zero attached hydrogens (tertiary/aromatic N) is 1. The SMILES string of the molecule is C=C(C)/C(F)=C\N=C(C)C. The molecule has 0 unspecified atom stereocenters. The average molecular weight is 141 g/mol. The third-order valence-electron chi connectivity index (χ3n) is 0.844. The van der Waals surface area contributed by atoms with E-state index in [-0.39, 0.29) is 5.83 Å². The van der Waals surface area contributed by atoms with Crippen LogP contribution in [0.4, 0.5) is 4.39 Å². The highest BCUT2D eigenvalue weighted by Crippen LogP contribution is 2.07. The molecule has 0 atom stereocenters. The summed E-state index contributed by atoms with van der Waals surface area (Å²) in [6.07, 6.45) is 1.18. The zero-order chi connectivity index (χ0) is 8.15. The van der Waals surface area contributed by atoms with Crippen molar-refractivity contribution in [3.8, 4) is 0 Å². The van der Waals surface area contributed by atoms with Crippen molar-refractivity contribution in [3.63, 3.8) is 0 Å². The molecule has 2 heteroatoms. The molecule has 0 aliphatic carbocycles. The summed E-state index contributed by atoms with van der Waals surface area (Å²) in [4.78, 5) is 3.76. The van der Waals surface area contributed by atoms with E-state index in [0.717, 1.165) is 5.71 Å². The van der Waals surface area contributed by atoms with Crippen molar-refractivity contribution >= 4 is 5.71 Å². The van der Waals surface area contributed by atoms with E-state index in [4.69, 9.17) is 0 Å². The maximum Gasteiger partial charge on any atom is 0.143 e. The van der Waals surface area contributed by atoms with E-state index in [1.54, 1.807) is 6.92 Å². The van der Waals surface area contributed by atoms with Crippen molar-refractivity contribution in [1.29, 1.82) is 0 Å². The first-order valence-electron chi connectivity index (χ1n) is 3.06. The van der Waals surface area contributed by atoms with Crippen LogP contribution in [0.1, 0.15) is 20.8 Å². The summed E-state index contributed by atoms with van der Waals surface area (Å²) in [5, 5.41) is 0. The number of allylic oxidation sites excluding steroid dienone is 2. The Kier molecular flexibility index (Phi) is 3.62. The largest absolute Gasteiger partial charge is 0.263 e. The van der Waals surface area contributed by atoms with Crippen molar-refractivity contribution in [1.82, 2.24) is 0 Å². The first-order chi connectivity index (χ1) is 4.54. The van der Waals surface area contributed by atoms with Gasteiger partial charge in [0.2, 0.25) is 0 Å². The van der Waals surface area contributed by atoms with Gasteiger partial charge in [0.25, 0.3) is 0 Å². The van der Waals surface area contributed by atoms with Crippen LogP contribution in [0.3, 0.4) is 0 Å². The van der Waals surface area contributed by atoms with Crippen molar-refractivity contribution in [2.45, 2.75) is 20.8 Å². The van der Waals surface area contributed by atoms with E-state index >= 15 is 0 Å². The smallest absolute Gasteiger partial charge is 0.143 e. The van der Waals surface area contributed by atoms with E-state index in [1.165, 1.54) is 6.20 Å². The Labute approximate surface area is 61.0 Å². The summed E-state index contributed by atoms with van der Waals surface area (Å²) in [7, 11) is 0. The molecule has 10 heavy (non-hydrogen) atoms. The Balaban J connectivity index is 4.19. The Morgan fingerprint density at radius 2 is 1.90 bits per heavy atom. The van der Waals surface area contributed by atoms with Gasteiger partial charge in [0.1, 0.15) is 5.83 Å². The van der Waals surface area contributed by atoms with E-state index in [2.05, 4.69) is 11.6 Å². The second-order valence-electron chi connectivity index (χ2n) is 2.33. The molecule has 0 rings (SSSR count). The fraction of sp³-hybridized carbons (Fsp3) is 0.375. The van der Waals surface area contributed by atoms with Crippen LogP contribution in [-0.2, 0) is 0 Å². The molecule has 0 aliphatic heterocycles. The highest BCUT2D eigenvalue weighted by Gasteiger charge is 1.90. The van der Waals surface area contributed by atoms with Gasteiger partial charge in [0, 0.05) is 5.71 Å². The molecule has 0 saturated carbocycles. The van der Waals surface area contributed by atoms with Crippen LogP contribution >= 0.6 is 0 Å². The van der Waals surface area contributed by atoms with Crippen LogP contribution in [0.25, 0.3) is 0 Å². The molecule has 0 aromatic rings. The van der Waals surface area contributed by atoms with Crippen LogP contribution < -0.4 is 0 Å². The van der Waals surface area contributed by atoms with Crippen molar-refractivity contribution in [2.75, 3.05) is 0 Å². The van der Waals surface area contributed by atoms with Crippen LogP contribution in [0, 0.1) is 0 Å². The lowest BCUT2D eigenvalue weighted by Gasteiger charge is -1.89. The third-order valence-corrected chi connectivity index (χ3v) is 0.844. The number of halogens is 1. The number of hydrogen-bond donors (Lipinski definition) is 0. The molecular weight excluding hydrogens is 129 g/mol. The van der Waals surface area contributed by atoms with Crippen molar-refractivity contribution < 1.29 is 4.39 Å². The highest BCUT2D eigenvalue weighted by molar-refractivity contribution is 5.79. The van der Waals surface area contributed by atoms with Gasteiger partial charge in [-0.3, -0.25) is 4.99 Å². The molecule has 0 aromatic heterocycles. The summed E-state index contributed by atoms with van der Waals surface area (Å²) in [6.45, 7) is 8.64. The lowest BCUT2D eigenvalue weighted by atomic mass is 10.3. The predicted molar refractivity (Wildman–Crippen MR) is 42.8 cm³/mol. The minimum Gasteiger partial charge on any atom is -0.263 e. The fourth-order valence-electron chi connectivity index (χ4n) is 0.296. The minimum atomic E-state index is -0.360. The quantitative estimate of drug-likeness (QED) is 0.414. The topological polar surface area (TPSA) is 12.4 Å². The molecule has 0 bridgehead atoms. The first kappa shape index (κ1) is 9.08. The van der Waals surface area contributed by atoms with Gasteiger partial charge < -0.3 is 0 Å². The van der Waals surface area contributed by atoms with Gasteiger partial charge in [-0.1, -0.05) is 6.58 Å². The van der Waals surface area contributed by atoms with E-state index in [1.807, 2.05) is 13.8 Å². The normalized spacial score (nSPS) is 11.0. The lowest BCUT2D eigenvalue weighted by molar-refractivity contribution is 0.649. The van der Waals surface area contributed by atoms with Gasteiger partial charge in [0.15, 0.2) is 0 Å². The zero-order valence-corrected chi connectivity index (χ0v) is 6.61. The summed E-state index contributed by atoms with van der Waals surface area (Å²) >= 11 is 0. The van der Waals surface area contributed by atoms with Crippen molar-refractivity contribution in [3.05, 3.63) is 24.2 Å². The van der Waals surface area contributed by atoms with Gasteiger partial charge >= 0.3 is 0 Å². The number of hydrogen-bond acceptors (Lipinski definition) is 1. The Hall–Kier alpha value is -0.920. The average Bonchev–Trinajstić information content (AvgIpc) is 1.82. The summed E-state index contributed by atoms with van der Waals surface area (Å²) in [5.74, 6) is -0.360. The standard InChI is InChI=1S/C8H12FN/c1-6(2)8(9)5-10-7(3)4/h5H,1H2,2-4H3/b8-5+. The molecule has 0 radical (unpaired) electrons. The third kappa shape index (κ3) is 4.01. The minimum absolute atomic E-state index is 0.360. The monoisotopic (exact) mass is 141 g/mol. The molecule has 1 nitrogen and oxygen atoms in total. The van der Waals surface area contributed by atoms with Crippen LogP contribution in [0.2, 0.25) is 0 Å². The molecule has 0 heterocycles. The molecule has 0 N–H and O–H groups in total. The summed E-state index contributed by atoms with van der Waals surface area (Å²) < 4.78 is 12.5. The second kappa shape index (κ2) is 3.99. The fourth-order valence-corrected chi connectivity index (χ4v) is 0.296. The molecule has 0 aliphatic rings. The Morgan fingerprint density at radius 1 is 1.40 bits per heavy atom. The van der Waals surface area contributed by atoms with Gasteiger partial charge in [-0.25, -0.2) is 4.39 Å². The van der Waals surface area contributed by atoms with Gasteiger partial charge in [-0.15, -0.1) is 0 Å². The number of rotatable bonds is 2. The molecule has 0 fully saturated rings. The van der Waals surface area contributed by atoms with Gasteiger partial charge in [-0.05, 0) is 26.3 Å². The van der Waals surface area contributed by atoms with E-state index < -0.39 is 0 Å². The molecule has 0 spiro atoms. The molecule has 56 valence electrons. The van der Waals surface area contributed by atoms with Crippen LogP contribution in [0.15, 0.2) is 29.2 Å². The predicted octanol–water partition coefficient (Wildman–Crippen LogP) is 2.85. The van der Waals surface area contributed by atoms with E-state index in [0.29, 0.717) is 5.57 Å². The lowest BCUT2D eigenvalue weighted by Crippen LogP contribution is -1.78. The Morgan fingerprint density at radius 3 is 2.20 bits per heavy atom. The number of aliphatic imine (C=N–C) groups is 1. The molecule has 0 amide bonds. The maximum atomic E-state index is 12.5. The first-order valence-corrected chi connectivity index (χ1v) is 3.06. The van der Waals surface area contributed by atoms with Gasteiger partial charge in [0.05, 0.1) is 6.20 Å². The Bertz CT molecular complexity index is 185. The summed E-state index contributed by atoms with van der Waals surface area (Å²) in [5.41, 5.74) is 1.24.